The molecule has 0 saturated heterocycles. The van der Waals surface area contributed by atoms with Crippen molar-refractivity contribution in [3.63, 3.8) is 0 Å². The number of rotatable bonds is 7. The Kier molecular flexibility index (Phi) is 6.54. The predicted octanol–water partition coefficient (Wildman–Crippen LogP) is 2.87. The summed E-state index contributed by atoms with van der Waals surface area (Å²) in [7, 11) is 2.80. The number of aromatic nitrogens is 1. The van der Waals surface area contributed by atoms with Crippen molar-refractivity contribution in [2.45, 2.75) is 13.8 Å². The number of carbonyl (C=O) groups excluding carboxylic acids is 3. The first-order valence-electron chi connectivity index (χ1n) is 8.17. The summed E-state index contributed by atoms with van der Waals surface area (Å²) in [5, 5.41) is 0. The van der Waals surface area contributed by atoms with Gasteiger partial charge in [-0.25, -0.2) is 9.59 Å². The Bertz CT molecular complexity index is 894. The molecule has 0 spiro atoms. The Balaban J connectivity index is 2.02. The summed E-state index contributed by atoms with van der Waals surface area (Å²) in [4.78, 5) is 38.8. The maximum absolute atomic E-state index is 12.3. The maximum Gasteiger partial charge on any atom is 0.339 e. The molecule has 0 fully saturated rings. The van der Waals surface area contributed by atoms with Crippen LogP contribution in [0.2, 0.25) is 0 Å². The topological polar surface area (TPSA) is 94.7 Å². The van der Waals surface area contributed by atoms with Crippen molar-refractivity contribution in [2.75, 3.05) is 20.8 Å². The van der Waals surface area contributed by atoms with Crippen LogP contribution in [0.3, 0.4) is 0 Å². The molecular formula is C20H21NO6. The van der Waals surface area contributed by atoms with Crippen molar-refractivity contribution in [3.8, 4) is 5.75 Å². The lowest BCUT2D eigenvalue weighted by Crippen LogP contribution is -2.14. The van der Waals surface area contributed by atoms with Crippen LogP contribution in [0.4, 0.5) is 0 Å². The highest BCUT2D eigenvalue weighted by molar-refractivity contribution is 6.03. The minimum absolute atomic E-state index is 0.217. The molecule has 7 nitrogen and oxygen atoms in total. The number of ether oxygens (including phenoxy) is 3. The number of Topliss-reactive ketones (excluding diaryl/α,β-unsaturated/α-hetero) is 1. The zero-order chi connectivity index (χ0) is 20.0. The van der Waals surface area contributed by atoms with Gasteiger partial charge in [0.15, 0.2) is 6.61 Å². The van der Waals surface area contributed by atoms with Gasteiger partial charge in [0.25, 0.3) is 0 Å². The zero-order valence-corrected chi connectivity index (χ0v) is 15.6. The summed E-state index contributed by atoms with van der Waals surface area (Å²) in [5.41, 5.74) is 2.22. The molecule has 2 rings (SSSR count). The Hall–Kier alpha value is -3.35. The Morgan fingerprint density at radius 1 is 1.11 bits per heavy atom. The van der Waals surface area contributed by atoms with Gasteiger partial charge in [0, 0.05) is 17.3 Å². The number of methoxy groups -OCH3 is 2. The van der Waals surface area contributed by atoms with E-state index in [2.05, 4.69) is 4.98 Å². The van der Waals surface area contributed by atoms with Crippen molar-refractivity contribution in [1.29, 1.82) is 0 Å². The Morgan fingerprint density at radius 3 is 2.48 bits per heavy atom. The first-order chi connectivity index (χ1) is 12.9. The van der Waals surface area contributed by atoms with Crippen LogP contribution in [0.25, 0.3) is 6.08 Å². The zero-order valence-electron chi connectivity index (χ0n) is 15.6. The molecule has 0 aliphatic rings. The lowest BCUT2D eigenvalue weighted by molar-refractivity contribution is -0.136. The summed E-state index contributed by atoms with van der Waals surface area (Å²) < 4.78 is 14.9. The fraction of sp³-hybridized carbons (Fsp3) is 0.250. The molecule has 0 aliphatic heterocycles. The van der Waals surface area contributed by atoms with Gasteiger partial charge in [-0.05, 0) is 31.6 Å². The van der Waals surface area contributed by atoms with Crippen LogP contribution in [-0.4, -0.2) is 43.5 Å². The lowest BCUT2D eigenvalue weighted by Gasteiger charge is -2.04. The van der Waals surface area contributed by atoms with Crippen molar-refractivity contribution < 1.29 is 28.6 Å². The molecule has 2 aromatic rings. The predicted molar refractivity (Wildman–Crippen MR) is 98.9 cm³/mol. The molecule has 27 heavy (non-hydrogen) atoms. The van der Waals surface area contributed by atoms with Gasteiger partial charge >= 0.3 is 11.9 Å². The van der Waals surface area contributed by atoms with E-state index in [9.17, 15) is 14.4 Å². The van der Waals surface area contributed by atoms with Gasteiger partial charge in [-0.2, -0.15) is 0 Å². The quantitative estimate of drug-likeness (QED) is 0.457. The molecule has 1 aromatic carbocycles. The van der Waals surface area contributed by atoms with Gasteiger partial charge in [0.1, 0.15) is 5.75 Å². The third-order valence-electron chi connectivity index (χ3n) is 3.99. The van der Waals surface area contributed by atoms with E-state index in [1.165, 1.54) is 20.3 Å². The van der Waals surface area contributed by atoms with E-state index in [4.69, 9.17) is 14.2 Å². The van der Waals surface area contributed by atoms with Gasteiger partial charge in [0.2, 0.25) is 5.78 Å². The molecule has 0 amide bonds. The molecule has 0 aliphatic carbocycles. The van der Waals surface area contributed by atoms with Crippen LogP contribution in [-0.2, 0) is 14.3 Å². The fourth-order valence-electron chi connectivity index (χ4n) is 2.66. The van der Waals surface area contributed by atoms with E-state index in [1.807, 2.05) is 12.1 Å². The molecule has 142 valence electrons. The van der Waals surface area contributed by atoms with Crippen molar-refractivity contribution in [1.82, 2.24) is 4.98 Å². The first kappa shape index (κ1) is 20.0. The molecular weight excluding hydrogens is 350 g/mol. The molecule has 0 unspecified atom stereocenters. The van der Waals surface area contributed by atoms with Crippen LogP contribution >= 0.6 is 0 Å². The molecule has 0 atom stereocenters. The van der Waals surface area contributed by atoms with Crippen LogP contribution < -0.4 is 4.74 Å². The minimum atomic E-state index is -0.664. The van der Waals surface area contributed by atoms with E-state index in [1.54, 1.807) is 32.1 Å². The smallest absolute Gasteiger partial charge is 0.339 e. The molecule has 7 heteroatoms. The van der Waals surface area contributed by atoms with Crippen LogP contribution in [0, 0.1) is 13.8 Å². The van der Waals surface area contributed by atoms with E-state index < -0.39 is 24.3 Å². The number of aromatic amines is 1. The lowest BCUT2D eigenvalue weighted by atomic mass is 10.1. The second kappa shape index (κ2) is 8.84. The van der Waals surface area contributed by atoms with Crippen LogP contribution in [0.15, 0.2) is 30.3 Å². The third-order valence-corrected chi connectivity index (χ3v) is 3.99. The molecule has 0 bridgehead atoms. The van der Waals surface area contributed by atoms with Crippen LogP contribution in [0.1, 0.15) is 37.7 Å². The van der Waals surface area contributed by atoms with Gasteiger partial charge < -0.3 is 19.2 Å². The highest BCUT2D eigenvalue weighted by atomic mass is 16.5. The summed E-state index contributed by atoms with van der Waals surface area (Å²) in [6.45, 7) is 2.85. The average Bonchev–Trinajstić information content (AvgIpc) is 2.98. The highest BCUT2D eigenvalue weighted by Gasteiger charge is 2.22. The SMILES string of the molecule is COC(=O)c1c(C)[nH]c(C(=O)COC(=O)/C=C/c2ccccc2OC)c1C. The minimum Gasteiger partial charge on any atom is -0.496 e. The van der Waals surface area contributed by atoms with Crippen molar-refractivity contribution >= 4 is 23.8 Å². The molecule has 1 N–H and O–H groups in total. The number of hydrogen-bond acceptors (Lipinski definition) is 6. The van der Waals surface area contributed by atoms with Gasteiger partial charge in [-0.3, -0.25) is 4.79 Å². The number of carbonyl (C=O) groups is 3. The van der Waals surface area contributed by atoms with Gasteiger partial charge in [-0.1, -0.05) is 18.2 Å². The second-order valence-electron chi connectivity index (χ2n) is 5.72. The van der Waals surface area contributed by atoms with Gasteiger partial charge in [0.05, 0.1) is 25.5 Å². The highest BCUT2D eigenvalue weighted by Crippen LogP contribution is 2.20. The van der Waals surface area contributed by atoms with Crippen molar-refractivity contribution in [3.05, 3.63) is 58.4 Å². The molecule has 1 heterocycles. The number of hydrogen-bond donors (Lipinski definition) is 1. The largest absolute Gasteiger partial charge is 0.496 e. The van der Waals surface area contributed by atoms with Crippen LogP contribution in [0.5, 0.6) is 5.75 Å². The number of aryl methyl sites for hydroxylation is 1. The molecule has 0 saturated carbocycles. The number of H-pyrrole nitrogens is 1. The Labute approximate surface area is 156 Å². The van der Waals surface area contributed by atoms with E-state index >= 15 is 0 Å². The second-order valence-corrected chi connectivity index (χ2v) is 5.72. The van der Waals surface area contributed by atoms with Crippen molar-refractivity contribution in [2.24, 2.45) is 0 Å². The number of esters is 2. The fourth-order valence-corrected chi connectivity index (χ4v) is 2.66. The summed E-state index contributed by atoms with van der Waals surface area (Å²) in [5.74, 6) is -1.02. The summed E-state index contributed by atoms with van der Waals surface area (Å²) >= 11 is 0. The monoisotopic (exact) mass is 371 g/mol. The number of ketones is 1. The third kappa shape index (κ3) is 4.63. The van der Waals surface area contributed by atoms with E-state index in [0.29, 0.717) is 28.1 Å². The number of benzene rings is 1. The summed E-state index contributed by atoms with van der Waals surface area (Å²) in [6, 6.07) is 7.18. The average molecular weight is 371 g/mol. The first-order valence-corrected chi connectivity index (χ1v) is 8.17. The Morgan fingerprint density at radius 2 is 1.81 bits per heavy atom. The standard InChI is InChI=1S/C20H21NO6/c1-12-18(20(24)26-4)13(2)21-19(12)15(22)11-27-17(23)10-9-14-7-5-6-8-16(14)25-3/h5-10,21H,11H2,1-4H3/b10-9+. The molecule has 0 radical (unpaired) electrons. The number of nitrogens with one attached hydrogen (secondary N) is 1. The summed E-state index contributed by atoms with van der Waals surface area (Å²) in [6.07, 6.45) is 2.77. The normalized spacial score (nSPS) is 10.7. The number of para-hydroxylation sites is 1. The van der Waals surface area contributed by atoms with E-state index in [0.717, 1.165) is 0 Å². The van der Waals surface area contributed by atoms with E-state index in [-0.39, 0.29) is 5.69 Å². The molecule has 1 aromatic heterocycles. The maximum atomic E-state index is 12.3. The van der Waals surface area contributed by atoms with Gasteiger partial charge in [-0.15, -0.1) is 0 Å².